The number of hydrogen-bond donors (Lipinski definition) is 1. The summed E-state index contributed by atoms with van der Waals surface area (Å²) in [5, 5.41) is 3.25. The number of likely N-dealkylation sites (tertiary alicyclic amines) is 1. The van der Waals surface area contributed by atoms with Crippen molar-refractivity contribution in [3.05, 3.63) is 0 Å². The summed E-state index contributed by atoms with van der Waals surface area (Å²) in [6, 6.07) is 0. The fraction of sp³-hybridized carbons (Fsp3) is 0.933. The van der Waals surface area contributed by atoms with Gasteiger partial charge in [0.25, 0.3) is 0 Å². The van der Waals surface area contributed by atoms with Gasteiger partial charge < -0.3 is 10.2 Å². The van der Waals surface area contributed by atoms with Crippen LogP contribution in [0.15, 0.2) is 0 Å². The number of carbonyl (C=O) groups excluding carboxylic acids is 1. The van der Waals surface area contributed by atoms with Crippen LogP contribution in [0, 0.1) is 17.3 Å². The fourth-order valence-corrected chi connectivity index (χ4v) is 2.73. The van der Waals surface area contributed by atoms with E-state index in [-0.39, 0.29) is 5.92 Å². The number of nitrogens with zero attached hydrogens (tertiary/aromatic N) is 1. The zero-order valence-electron chi connectivity index (χ0n) is 12.8. The Morgan fingerprint density at radius 2 is 1.89 bits per heavy atom. The van der Waals surface area contributed by atoms with Crippen LogP contribution in [0.3, 0.4) is 0 Å². The normalized spacial score (nSPS) is 19.9. The Kier molecular flexibility index (Phi) is 5.64. The maximum Gasteiger partial charge on any atom is 0.226 e. The Hall–Kier alpha value is -0.570. The minimum atomic E-state index is 0.108. The first-order chi connectivity index (χ1) is 8.36. The van der Waals surface area contributed by atoms with Gasteiger partial charge in [0, 0.05) is 25.6 Å². The van der Waals surface area contributed by atoms with E-state index in [0.717, 1.165) is 44.9 Å². The number of rotatable bonds is 4. The molecule has 0 aromatic heterocycles. The number of amides is 1. The molecule has 3 nitrogen and oxygen atoms in total. The minimum absolute atomic E-state index is 0.108. The van der Waals surface area contributed by atoms with Crippen LogP contribution >= 0.6 is 0 Å². The molecule has 0 aromatic rings. The summed E-state index contributed by atoms with van der Waals surface area (Å²) in [6.45, 7) is 14.6. The van der Waals surface area contributed by atoms with E-state index in [2.05, 4.69) is 37.9 Å². The molecule has 0 spiro atoms. The second-order valence-electron chi connectivity index (χ2n) is 6.67. The van der Waals surface area contributed by atoms with Crippen molar-refractivity contribution in [2.24, 2.45) is 17.3 Å². The Balaban J connectivity index is 2.40. The lowest BCUT2D eigenvalue weighted by Gasteiger charge is -2.39. The lowest BCUT2D eigenvalue weighted by Crippen LogP contribution is -2.45. The topological polar surface area (TPSA) is 32.3 Å². The first-order valence-corrected chi connectivity index (χ1v) is 7.35. The molecule has 0 bridgehead atoms. The van der Waals surface area contributed by atoms with Gasteiger partial charge >= 0.3 is 0 Å². The zero-order chi connectivity index (χ0) is 13.8. The second kappa shape index (κ2) is 6.55. The van der Waals surface area contributed by atoms with E-state index >= 15 is 0 Å². The monoisotopic (exact) mass is 254 g/mol. The molecule has 1 aliphatic rings. The van der Waals surface area contributed by atoms with Gasteiger partial charge in [-0.1, -0.05) is 34.6 Å². The van der Waals surface area contributed by atoms with Crippen molar-refractivity contribution in [1.29, 1.82) is 0 Å². The number of hydrogen-bond acceptors (Lipinski definition) is 2. The van der Waals surface area contributed by atoms with Crippen molar-refractivity contribution in [2.75, 3.05) is 26.2 Å². The molecule has 106 valence electrons. The van der Waals surface area contributed by atoms with E-state index in [1.165, 1.54) is 0 Å². The molecule has 1 saturated heterocycles. The average Bonchev–Trinajstić information content (AvgIpc) is 2.34. The van der Waals surface area contributed by atoms with Gasteiger partial charge in [-0.25, -0.2) is 0 Å². The third kappa shape index (κ3) is 4.27. The Bertz CT molecular complexity index is 262. The van der Waals surface area contributed by atoms with Crippen molar-refractivity contribution < 1.29 is 4.79 Å². The van der Waals surface area contributed by atoms with Crippen molar-refractivity contribution in [1.82, 2.24) is 10.2 Å². The van der Waals surface area contributed by atoms with Gasteiger partial charge in [-0.15, -0.1) is 0 Å². The van der Waals surface area contributed by atoms with Crippen LogP contribution in [-0.4, -0.2) is 37.0 Å². The molecule has 0 aliphatic carbocycles. The van der Waals surface area contributed by atoms with Crippen LogP contribution in [0.1, 0.15) is 47.5 Å². The van der Waals surface area contributed by atoms with Gasteiger partial charge in [0.05, 0.1) is 0 Å². The summed E-state index contributed by atoms with van der Waals surface area (Å²) in [7, 11) is 0. The Morgan fingerprint density at radius 3 is 2.33 bits per heavy atom. The van der Waals surface area contributed by atoms with Gasteiger partial charge in [-0.2, -0.15) is 0 Å². The summed E-state index contributed by atoms with van der Waals surface area (Å²) in [6.07, 6.45) is 2.31. The molecule has 1 N–H and O–H groups in total. The third-order valence-corrected chi connectivity index (χ3v) is 4.15. The molecule has 1 aliphatic heterocycles. The first-order valence-electron chi connectivity index (χ1n) is 7.35. The smallest absolute Gasteiger partial charge is 0.226 e. The molecule has 0 saturated carbocycles. The van der Waals surface area contributed by atoms with Crippen LogP contribution in [0.4, 0.5) is 0 Å². The van der Waals surface area contributed by atoms with Gasteiger partial charge in [0.2, 0.25) is 5.91 Å². The highest BCUT2D eigenvalue weighted by molar-refractivity contribution is 5.78. The molecule has 1 fully saturated rings. The summed E-state index contributed by atoms with van der Waals surface area (Å²) < 4.78 is 0. The highest BCUT2D eigenvalue weighted by atomic mass is 16.2. The third-order valence-electron chi connectivity index (χ3n) is 4.15. The maximum atomic E-state index is 12.2. The van der Waals surface area contributed by atoms with E-state index < -0.39 is 0 Å². The van der Waals surface area contributed by atoms with Crippen molar-refractivity contribution >= 4 is 5.91 Å². The molecule has 1 amide bonds. The minimum Gasteiger partial charge on any atom is -0.342 e. The number of nitrogens with one attached hydrogen (secondary N) is 1. The molecular weight excluding hydrogens is 224 g/mol. The van der Waals surface area contributed by atoms with E-state index in [1.54, 1.807) is 0 Å². The molecular formula is C15H30N2O. The largest absolute Gasteiger partial charge is 0.342 e. The molecule has 1 unspecified atom stereocenters. The average molecular weight is 254 g/mol. The van der Waals surface area contributed by atoms with Crippen LogP contribution in [0.25, 0.3) is 0 Å². The SMILES string of the molecule is CCNCC(C)C(=O)N1CCC(C(C)(C)C)CC1. The number of piperidine rings is 1. The van der Waals surface area contributed by atoms with Gasteiger partial charge in [0.1, 0.15) is 0 Å². The van der Waals surface area contributed by atoms with E-state index in [9.17, 15) is 4.79 Å². The van der Waals surface area contributed by atoms with Crippen molar-refractivity contribution in [3.63, 3.8) is 0 Å². The first kappa shape index (κ1) is 15.5. The number of carbonyl (C=O) groups is 1. The van der Waals surface area contributed by atoms with Gasteiger partial charge in [-0.3, -0.25) is 4.79 Å². The molecule has 1 heterocycles. The standard InChI is InChI=1S/C15H30N2O/c1-6-16-11-12(2)14(18)17-9-7-13(8-10-17)15(3,4)5/h12-13,16H,6-11H2,1-5H3. The zero-order valence-corrected chi connectivity index (χ0v) is 12.8. The van der Waals surface area contributed by atoms with Crippen molar-refractivity contribution in [3.8, 4) is 0 Å². The van der Waals surface area contributed by atoms with E-state index in [0.29, 0.717) is 11.3 Å². The van der Waals surface area contributed by atoms with Gasteiger partial charge in [0.15, 0.2) is 0 Å². The summed E-state index contributed by atoms with van der Waals surface area (Å²) >= 11 is 0. The molecule has 18 heavy (non-hydrogen) atoms. The predicted octanol–water partition coefficient (Wildman–Crippen LogP) is 2.52. The maximum absolute atomic E-state index is 12.2. The van der Waals surface area contributed by atoms with Crippen molar-refractivity contribution in [2.45, 2.75) is 47.5 Å². The highest BCUT2D eigenvalue weighted by Crippen LogP contribution is 2.34. The molecule has 1 atom stereocenters. The second-order valence-corrected chi connectivity index (χ2v) is 6.67. The van der Waals surface area contributed by atoms with Crippen LogP contribution < -0.4 is 5.32 Å². The Morgan fingerprint density at radius 1 is 1.33 bits per heavy atom. The lowest BCUT2D eigenvalue weighted by molar-refractivity contribution is -0.136. The van der Waals surface area contributed by atoms with Crippen LogP contribution in [-0.2, 0) is 4.79 Å². The summed E-state index contributed by atoms with van der Waals surface area (Å²) in [5.41, 5.74) is 0.379. The molecule has 0 radical (unpaired) electrons. The lowest BCUT2D eigenvalue weighted by atomic mass is 9.75. The predicted molar refractivity (Wildman–Crippen MR) is 76.5 cm³/mol. The van der Waals surface area contributed by atoms with Gasteiger partial charge in [-0.05, 0) is 30.7 Å². The summed E-state index contributed by atoms with van der Waals surface area (Å²) in [5.74, 6) is 1.19. The molecule has 3 heteroatoms. The van der Waals surface area contributed by atoms with E-state index in [1.807, 2.05) is 6.92 Å². The Labute approximate surface area is 112 Å². The molecule has 1 rings (SSSR count). The molecule has 0 aromatic carbocycles. The fourth-order valence-electron chi connectivity index (χ4n) is 2.73. The highest BCUT2D eigenvalue weighted by Gasteiger charge is 2.31. The quantitative estimate of drug-likeness (QED) is 0.836. The van der Waals surface area contributed by atoms with Crippen LogP contribution in [0.5, 0.6) is 0 Å². The van der Waals surface area contributed by atoms with E-state index in [4.69, 9.17) is 0 Å². The van der Waals surface area contributed by atoms with Crippen LogP contribution in [0.2, 0.25) is 0 Å². The summed E-state index contributed by atoms with van der Waals surface area (Å²) in [4.78, 5) is 14.3.